The minimum Gasteiger partial charge on any atom is -0.493 e. The van der Waals surface area contributed by atoms with Crippen LogP contribution < -0.4 is 15.2 Å². The zero-order valence-corrected chi connectivity index (χ0v) is 10.8. The summed E-state index contributed by atoms with van der Waals surface area (Å²) in [4.78, 5) is 0. The molecule has 0 amide bonds. The van der Waals surface area contributed by atoms with Crippen LogP contribution in [0.3, 0.4) is 0 Å². The van der Waals surface area contributed by atoms with Crippen molar-refractivity contribution < 1.29 is 9.47 Å². The number of hydrogen-bond acceptors (Lipinski definition) is 3. The largest absolute Gasteiger partial charge is 0.493 e. The van der Waals surface area contributed by atoms with E-state index in [0.29, 0.717) is 6.61 Å². The summed E-state index contributed by atoms with van der Waals surface area (Å²) in [5.41, 5.74) is 8.99. The van der Waals surface area contributed by atoms with Crippen molar-refractivity contribution in [2.24, 2.45) is 0 Å². The van der Waals surface area contributed by atoms with Gasteiger partial charge in [0.25, 0.3) is 0 Å². The summed E-state index contributed by atoms with van der Waals surface area (Å²) >= 11 is 0. The number of anilines is 1. The molecule has 0 saturated heterocycles. The van der Waals surface area contributed by atoms with Gasteiger partial charge >= 0.3 is 0 Å². The van der Waals surface area contributed by atoms with Crippen molar-refractivity contribution >= 4 is 5.69 Å². The molecule has 0 atom stereocenters. The van der Waals surface area contributed by atoms with Crippen LogP contribution in [0.15, 0.2) is 42.5 Å². The Labute approximate surface area is 113 Å². The van der Waals surface area contributed by atoms with E-state index in [4.69, 9.17) is 15.2 Å². The lowest BCUT2D eigenvalue weighted by Crippen LogP contribution is -2.01. The van der Waals surface area contributed by atoms with Gasteiger partial charge in [0, 0.05) is 18.5 Å². The standard InChI is InChI=1S/C16H17NO2/c17-14-2-4-15(5-3-14)18-9-7-12-1-6-16-13(11-12)8-10-19-16/h1-6,11H,7-10,17H2. The molecule has 3 rings (SSSR count). The molecule has 0 aliphatic carbocycles. The van der Waals surface area contributed by atoms with E-state index < -0.39 is 0 Å². The Balaban J connectivity index is 1.56. The molecule has 2 aromatic rings. The van der Waals surface area contributed by atoms with E-state index in [9.17, 15) is 0 Å². The Morgan fingerprint density at radius 2 is 1.95 bits per heavy atom. The monoisotopic (exact) mass is 255 g/mol. The van der Waals surface area contributed by atoms with E-state index in [0.717, 1.165) is 36.6 Å². The van der Waals surface area contributed by atoms with Gasteiger partial charge in [0.1, 0.15) is 11.5 Å². The number of nitrogens with two attached hydrogens (primary N) is 1. The molecule has 1 aliphatic heterocycles. The van der Waals surface area contributed by atoms with Crippen LogP contribution in [0.25, 0.3) is 0 Å². The third-order valence-corrected chi connectivity index (χ3v) is 3.29. The summed E-state index contributed by atoms with van der Waals surface area (Å²) in [5.74, 6) is 1.89. The number of fused-ring (bicyclic) bond motifs is 1. The van der Waals surface area contributed by atoms with Crippen molar-refractivity contribution in [3.63, 3.8) is 0 Å². The highest BCUT2D eigenvalue weighted by molar-refractivity contribution is 5.42. The first-order valence-corrected chi connectivity index (χ1v) is 6.54. The average Bonchev–Trinajstić information content (AvgIpc) is 2.88. The second-order valence-corrected chi connectivity index (χ2v) is 4.71. The van der Waals surface area contributed by atoms with Gasteiger partial charge in [-0.2, -0.15) is 0 Å². The lowest BCUT2D eigenvalue weighted by molar-refractivity contribution is 0.322. The fourth-order valence-corrected chi connectivity index (χ4v) is 2.25. The number of hydrogen-bond donors (Lipinski definition) is 1. The van der Waals surface area contributed by atoms with Gasteiger partial charge in [0.15, 0.2) is 0 Å². The highest BCUT2D eigenvalue weighted by Crippen LogP contribution is 2.26. The maximum absolute atomic E-state index is 5.70. The molecular formula is C16H17NO2. The number of rotatable bonds is 4. The molecule has 2 aromatic carbocycles. The predicted octanol–water partition coefficient (Wildman–Crippen LogP) is 2.83. The normalized spacial score (nSPS) is 12.8. The summed E-state index contributed by atoms with van der Waals surface area (Å²) < 4.78 is 11.2. The van der Waals surface area contributed by atoms with E-state index in [1.54, 1.807) is 0 Å². The predicted molar refractivity (Wildman–Crippen MR) is 75.7 cm³/mol. The lowest BCUT2D eigenvalue weighted by Gasteiger charge is -2.07. The van der Waals surface area contributed by atoms with Crippen LogP contribution in [0, 0.1) is 0 Å². The van der Waals surface area contributed by atoms with Crippen LogP contribution in [0.2, 0.25) is 0 Å². The van der Waals surface area contributed by atoms with Crippen molar-refractivity contribution in [1.82, 2.24) is 0 Å². The van der Waals surface area contributed by atoms with Gasteiger partial charge in [-0.1, -0.05) is 12.1 Å². The van der Waals surface area contributed by atoms with Crippen LogP contribution in [-0.4, -0.2) is 13.2 Å². The van der Waals surface area contributed by atoms with E-state index in [2.05, 4.69) is 18.2 Å². The van der Waals surface area contributed by atoms with E-state index in [1.165, 1.54) is 11.1 Å². The summed E-state index contributed by atoms with van der Waals surface area (Å²) in [5, 5.41) is 0. The Kier molecular flexibility index (Phi) is 3.27. The van der Waals surface area contributed by atoms with E-state index >= 15 is 0 Å². The first kappa shape index (κ1) is 11.9. The fourth-order valence-electron chi connectivity index (χ4n) is 2.25. The maximum Gasteiger partial charge on any atom is 0.122 e. The molecule has 0 aromatic heterocycles. The highest BCUT2D eigenvalue weighted by atomic mass is 16.5. The first-order chi connectivity index (χ1) is 9.31. The summed E-state index contributed by atoms with van der Waals surface area (Å²) in [6, 6.07) is 13.9. The summed E-state index contributed by atoms with van der Waals surface area (Å²) in [6.45, 7) is 1.48. The summed E-state index contributed by atoms with van der Waals surface area (Å²) in [6.07, 6.45) is 1.92. The van der Waals surface area contributed by atoms with Crippen molar-refractivity contribution in [3.05, 3.63) is 53.6 Å². The van der Waals surface area contributed by atoms with Gasteiger partial charge < -0.3 is 15.2 Å². The molecule has 1 heterocycles. The van der Waals surface area contributed by atoms with Crippen LogP contribution >= 0.6 is 0 Å². The molecule has 2 N–H and O–H groups in total. The topological polar surface area (TPSA) is 44.5 Å². The van der Waals surface area contributed by atoms with Crippen molar-refractivity contribution in [2.45, 2.75) is 12.8 Å². The molecule has 3 nitrogen and oxygen atoms in total. The van der Waals surface area contributed by atoms with Crippen molar-refractivity contribution in [2.75, 3.05) is 18.9 Å². The number of nitrogen functional groups attached to an aromatic ring is 1. The quantitative estimate of drug-likeness (QED) is 0.854. The minimum atomic E-state index is 0.670. The van der Waals surface area contributed by atoms with Crippen molar-refractivity contribution in [3.8, 4) is 11.5 Å². The molecule has 1 aliphatic rings. The molecule has 0 spiro atoms. The molecule has 0 bridgehead atoms. The number of benzene rings is 2. The average molecular weight is 255 g/mol. The molecule has 0 fully saturated rings. The van der Waals surface area contributed by atoms with Gasteiger partial charge in [-0.25, -0.2) is 0 Å². The zero-order chi connectivity index (χ0) is 13.1. The second kappa shape index (κ2) is 5.22. The van der Waals surface area contributed by atoms with Crippen LogP contribution in [0.4, 0.5) is 5.69 Å². The van der Waals surface area contributed by atoms with E-state index in [-0.39, 0.29) is 0 Å². The van der Waals surface area contributed by atoms with Gasteiger partial charge in [0.2, 0.25) is 0 Å². The highest BCUT2D eigenvalue weighted by Gasteiger charge is 2.11. The van der Waals surface area contributed by atoms with Gasteiger partial charge in [0.05, 0.1) is 13.2 Å². The van der Waals surface area contributed by atoms with Gasteiger partial charge in [-0.3, -0.25) is 0 Å². The van der Waals surface area contributed by atoms with Crippen LogP contribution in [0.1, 0.15) is 11.1 Å². The number of ether oxygens (including phenoxy) is 2. The molecule has 0 saturated carbocycles. The molecule has 98 valence electrons. The van der Waals surface area contributed by atoms with Crippen LogP contribution in [-0.2, 0) is 12.8 Å². The molecule has 3 heteroatoms. The molecule has 0 radical (unpaired) electrons. The third-order valence-electron chi connectivity index (χ3n) is 3.29. The van der Waals surface area contributed by atoms with Gasteiger partial charge in [-0.15, -0.1) is 0 Å². The first-order valence-electron chi connectivity index (χ1n) is 6.54. The minimum absolute atomic E-state index is 0.670. The Morgan fingerprint density at radius 3 is 2.79 bits per heavy atom. The Hall–Kier alpha value is -2.16. The van der Waals surface area contributed by atoms with Gasteiger partial charge in [-0.05, 0) is 41.5 Å². The SMILES string of the molecule is Nc1ccc(OCCc2ccc3c(c2)CCO3)cc1. The Bertz CT molecular complexity index is 563. The van der Waals surface area contributed by atoms with E-state index in [1.807, 2.05) is 24.3 Å². The summed E-state index contributed by atoms with van der Waals surface area (Å²) in [7, 11) is 0. The molecular weight excluding hydrogens is 238 g/mol. The second-order valence-electron chi connectivity index (χ2n) is 4.71. The zero-order valence-electron chi connectivity index (χ0n) is 10.8. The lowest BCUT2D eigenvalue weighted by atomic mass is 10.1. The molecule has 0 unspecified atom stereocenters. The van der Waals surface area contributed by atoms with Crippen molar-refractivity contribution in [1.29, 1.82) is 0 Å². The molecule has 19 heavy (non-hydrogen) atoms. The fraction of sp³-hybridized carbons (Fsp3) is 0.250. The Morgan fingerprint density at radius 1 is 1.11 bits per heavy atom. The smallest absolute Gasteiger partial charge is 0.122 e. The third kappa shape index (κ3) is 2.81. The van der Waals surface area contributed by atoms with Crippen LogP contribution in [0.5, 0.6) is 11.5 Å². The maximum atomic E-state index is 5.70.